The minimum Gasteiger partial charge on any atom is -0.493 e. The van der Waals surface area contributed by atoms with Gasteiger partial charge in [-0.25, -0.2) is 0 Å². The third-order valence-electron chi connectivity index (χ3n) is 3.94. The van der Waals surface area contributed by atoms with Crippen LogP contribution in [0.4, 0.5) is 0 Å². The van der Waals surface area contributed by atoms with Crippen molar-refractivity contribution in [1.82, 2.24) is 0 Å². The Kier molecular flexibility index (Phi) is 7.35. The molecule has 0 aliphatic carbocycles. The predicted octanol–water partition coefficient (Wildman–Crippen LogP) is 4.81. The lowest BCUT2D eigenvalue weighted by atomic mass is 9.89. The van der Waals surface area contributed by atoms with Gasteiger partial charge < -0.3 is 9.47 Å². The van der Waals surface area contributed by atoms with Crippen LogP contribution in [-0.4, -0.2) is 13.2 Å². The second-order valence-corrected chi connectivity index (χ2v) is 5.61. The zero-order chi connectivity index (χ0) is 17.9. The second kappa shape index (κ2) is 10.0. The van der Waals surface area contributed by atoms with Gasteiger partial charge in [-0.1, -0.05) is 31.2 Å². The van der Waals surface area contributed by atoms with E-state index in [1.165, 1.54) is 11.1 Å². The summed E-state index contributed by atoms with van der Waals surface area (Å²) in [5, 5.41) is 17.1. The molecule has 2 aromatic carbocycles. The Balaban J connectivity index is 2.03. The summed E-state index contributed by atoms with van der Waals surface area (Å²) in [7, 11) is 0. The quantitative estimate of drug-likeness (QED) is 0.617. The Morgan fingerprint density at radius 3 is 1.48 bits per heavy atom. The minimum atomic E-state index is 0.307. The molecule has 0 bridgehead atoms. The number of rotatable bonds is 9. The molecule has 128 valence electrons. The van der Waals surface area contributed by atoms with Crippen LogP contribution in [0.1, 0.15) is 43.2 Å². The van der Waals surface area contributed by atoms with Crippen LogP contribution < -0.4 is 9.47 Å². The molecule has 4 nitrogen and oxygen atoms in total. The van der Waals surface area contributed by atoms with E-state index in [-0.39, 0.29) is 0 Å². The number of nitriles is 2. The maximum Gasteiger partial charge on any atom is 0.119 e. The molecular formula is C21H22N2O2. The first kappa shape index (κ1) is 18.4. The van der Waals surface area contributed by atoms with Gasteiger partial charge in [-0.05, 0) is 41.8 Å². The van der Waals surface area contributed by atoms with Gasteiger partial charge in [0.2, 0.25) is 0 Å². The van der Waals surface area contributed by atoms with Crippen molar-refractivity contribution >= 4 is 0 Å². The lowest BCUT2D eigenvalue weighted by molar-refractivity contribution is 0.326. The largest absolute Gasteiger partial charge is 0.493 e. The van der Waals surface area contributed by atoms with Crippen molar-refractivity contribution in [3.05, 3.63) is 59.7 Å². The molecule has 0 aromatic heterocycles. The second-order valence-electron chi connectivity index (χ2n) is 5.61. The van der Waals surface area contributed by atoms with E-state index in [9.17, 15) is 0 Å². The van der Waals surface area contributed by atoms with E-state index in [0.29, 0.717) is 32.0 Å². The molecule has 0 spiro atoms. The summed E-state index contributed by atoms with van der Waals surface area (Å²) in [4.78, 5) is 0. The van der Waals surface area contributed by atoms with Crippen molar-refractivity contribution < 1.29 is 9.47 Å². The standard InChI is InChI=1S/C21H22N2O2/c1-2-21(17-5-9-19(10-6-17)24-15-3-13-22)18-7-11-20(12-8-18)25-16-4-14-23/h5-12,21H,2-4,15-16H2,1H3. The predicted molar refractivity (Wildman–Crippen MR) is 96.5 cm³/mol. The first-order valence-electron chi connectivity index (χ1n) is 8.48. The van der Waals surface area contributed by atoms with Crippen LogP contribution in [0.5, 0.6) is 11.5 Å². The van der Waals surface area contributed by atoms with E-state index in [1.807, 2.05) is 24.3 Å². The van der Waals surface area contributed by atoms with Crippen LogP contribution >= 0.6 is 0 Å². The smallest absolute Gasteiger partial charge is 0.119 e. The van der Waals surface area contributed by atoms with E-state index in [2.05, 4.69) is 43.3 Å². The average Bonchev–Trinajstić information content (AvgIpc) is 2.65. The van der Waals surface area contributed by atoms with Gasteiger partial charge in [0.15, 0.2) is 0 Å². The fourth-order valence-corrected chi connectivity index (χ4v) is 2.69. The fraction of sp³-hybridized carbons (Fsp3) is 0.333. The molecule has 0 saturated heterocycles. The molecule has 2 rings (SSSR count). The van der Waals surface area contributed by atoms with Crippen LogP contribution in [0.2, 0.25) is 0 Å². The molecule has 0 aliphatic rings. The maximum absolute atomic E-state index is 8.55. The van der Waals surface area contributed by atoms with E-state index in [4.69, 9.17) is 20.0 Å². The zero-order valence-electron chi connectivity index (χ0n) is 14.4. The van der Waals surface area contributed by atoms with Gasteiger partial charge in [0, 0.05) is 5.92 Å². The highest BCUT2D eigenvalue weighted by atomic mass is 16.5. The highest BCUT2D eigenvalue weighted by Gasteiger charge is 2.12. The van der Waals surface area contributed by atoms with Crippen LogP contribution in [0.25, 0.3) is 0 Å². The van der Waals surface area contributed by atoms with E-state index >= 15 is 0 Å². The highest BCUT2D eigenvalue weighted by Crippen LogP contribution is 2.30. The number of ether oxygens (including phenoxy) is 2. The average molecular weight is 334 g/mol. The van der Waals surface area contributed by atoms with Gasteiger partial charge in [0.25, 0.3) is 0 Å². The fourth-order valence-electron chi connectivity index (χ4n) is 2.69. The van der Waals surface area contributed by atoms with Gasteiger partial charge in [0.05, 0.1) is 25.0 Å². The Hall–Kier alpha value is -2.98. The molecule has 0 radical (unpaired) electrons. The first-order valence-corrected chi connectivity index (χ1v) is 8.48. The molecule has 4 heteroatoms. The van der Waals surface area contributed by atoms with E-state index in [0.717, 1.165) is 17.9 Å². The summed E-state index contributed by atoms with van der Waals surface area (Å²) in [6.45, 7) is 3.00. The summed E-state index contributed by atoms with van der Waals surface area (Å²) in [6, 6.07) is 20.3. The Bertz CT molecular complexity index is 661. The summed E-state index contributed by atoms with van der Waals surface area (Å²) in [6.07, 6.45) is 1.77. The van der Waals surface area contributed by atoms with Crippen molar-refractivity contribution in [3.63, 3.8) is 0 Å². The monoisotopic (exact) mass is 334 g/mol. The van der Waals surface area contributed by atoms with Gasteiger partial charge >= 0.3 is 0 Å². The third kappa shape index (κ3) is 5.55. The highest BCUT2D eigenvalue weighted by molar-refractivity contribution is 5.38. The number of hydrogen-bond acceptors (Lipinski definition) is 4. The summed E-state index contributed by atoms with van der Waals surface area (Å²) in [5.41, 5.74) is 2.46. The van der Waals surface area contributed by atoms with Gasteiger partial charge in [-0.15, -0.1) is 0 Å². The lowest BCUT2D eigenvalue weighted by Gasteiger charge is -2.17. The molecule has 0 fully saturated rings. The lowest BCUT2D eigenvalue weighted by Crippen LogP contribution is -2.01. The van der Waals surface area contributed by atoms with Gasteiger partial charge in [-0.3, -0.25) is 0 Å². The first-order chi connectivity index (χ1) is 12.3. The van der Waals surface area contributed by atoms with Crippen molar-refractivity contribution in [2.45, 2.75) is 32.1 Å². The number of benzene rings is 2. The van der Waals surface area contributed by atoms with Gasteiger partial charge in [0.1, 0.15) is 24.7 Å². The minimum absolute atomic E-state index is 0.307. The molecule has 0 aliphatic heterocycles. The molecule has 0 unspecified atom stereocenters. The maximum atomic E-state index is 8.55. The van der Waals surface area contributed by atoms with Crippen molar-refractivity contribution in [2.24, 2.45) is 0 Å². The van der Waals surface area contributed by atoms with Crippen LogP contribution in [0.3, 0.4) is 0 Å². The molecule has 0 heterocycles. The molecule has 2 aromatic rings. The zero-order valence-corrected chi connectivity index (χ0v) is 14.4. The van der Waals surface area contributed by atoms with E-state index < -0.39 is 0 Å². The third-order valence-corrected chi connectivity index (χ3v) is 3.94. The normalized spacial score (nSPS) is 10.1. The Labute approximate surface area is 149 Å². The topological polar surface area (TPSA) is 66.0 Å². The van der Waals surface area contributed by atoms with Crippen LogP contribution in [0, 0.1) is 22.7 Å². The number of nitrogens with zero attached hydrogens (tertiary/aromatic N) is 2. The Morgan fingerprint density at radius 1 is 0.760 bits per heavy atom. The van der Waals surface area contributed by atoms with Crippen LogP contribution in [-0.2, 0) is 0 Å². The van der Waals surface area contributed by atoms with E-state index in [1.54, 1.807) is 0 Å². The Morgan fingerprint density at radius 2 is 1.16 bits per heavy atom. The SMILES string of the molecule is CCC(c1ccc(OCCC#N)cc1)c1ccc(OCCC#N)cc1. The van der Waals surface area contributed by atoms with Crippen molar-refractivity contribution in [1.29, 1.82) is 10.5 Å². The molecule has 0 atom stereocenters. The van der Waals surface area contributed by atoms with Crippen molar-refractivity contribution in [3.8, 4) is 23.6 Å². The molecule has 25 heavy (non-hydrogen) atoms. The van der Waals surface area contributed by atoms with Crippen molar-refractivity contribution in [2.75, 3.05) is 13.2 Å². The molecule has 0 saturated carbocycles. The molecular weight excluding hydrogens is 312 g/mol. The molecule has 0 N–H and O–H groups in total. The number of hydrogen-bond donors (Lipinski definition) is 0. The summed E-state index contributed by atoms with van der Waals surface area (Å²) >= 11 is 0. The summed E-state index contributed by atoms with van der Waals surface area (Å²) in [5.74, 6) is 1.88. The van der Waals surface area contributed by atoms with Gasteiger partial charge in [-0.2, -0.15) is 10.5 Å². The molecule has 0 amide bonds. The van der Waals surface area contributed by atoms with Crippen LogP contribution in [0.15, 0.2) is 48.5 Å². The summed E-state index contributed by atoms with van der Waals surface area (Å²) < 4.78 is 11.0.